The van der Waals surface area contributed by atoms with Crippen LogP contribution in [0.4, 0.5) is 0 Å². The van der Waals surface area contributed by atoms with E-state index in [0.717, 1.165) is 25.9 Å². The van der Waals surface area contributed by atoms with Gasteiger partial charge in [-0.15, -0.1) is 23.5 Å². The number of hydrogen-bond acceptors (Lipinski definition) is 4. The number of fused-ring (bicyclic) bond motifs is 2. The fourth-order valence-electron chi connectivity index (χ4n) is 2.87. The number of thioether (sulfide) groups is 2. The minimum Gasteiger partial charge on any atom is -0.330 e. The highest BCUT2D eigenvalue weighted by atomic mass is 32.2. The Bertz CT molecular complexity index is 388. The van der Waals surface area contributed by atoms with Crippen LogP contribution in [0.25, 0.3) is 0 Å². The van der Waals surface area contributed by atoms with E-state index in [1.54, 1.807) is 0 Å². The van der Waals surface area contributed by atoms with Crippen LogP contribution in [0.1, 0.15) is 38.5 Å². The van der Waals surface area contributed by atoms with E-state index in [0.29, 0.717) is 5.41 Å². The molecule has 2 nitrogen and oxygen atoms in total. The summed E-state index contributed by atoms with van der Waals surface area (Å²) in [5.41, 5.74) is 11.8. The van der Waals surface area contributed by atoms with Gasteiger partial charge in [0.15, 0.2) is 0 Å². The minimum atomic E-state index is 0.448. The maximum absolute atomic E-state index is 5.69. The van der Waals surface area contributed by atoms with E-state index in [2.05, 4.69) is 24.3 Å². The maximum atomic E-state index is 5.69. The summed E-state index contributed by atoms with van der Waals surface area (Å²) in [5, 5.41) is 0. The van der Waals surface area contributed by atoms with Gasteiger partial charge in [-0.3, -0.25) is 0 Å². The smallest absolute Gasteiger partial charge is 0.00832 e. The summed E-state index contributed by atoms with van der Waals surface area (Å²) in [7, 11) is 0. The summed E-state index contributed by atoms with van der Waals surface area (Å²) in [4.78, 5) is 2.84. The van der Waals surface area contributed by atoms with Gasteiger partial charge in [-0.2, -0.15) is 0 Å². The van der Waals surface area contributed by atoms with E-state index in [1.165, 1.54) is 47.0 Å². The lowest BCUT2D eigenvalue weighted by Gasteiger charge is -2.35. The van der Waals surface area contributed by atoms with Gasteiger partial charge in [0, 0.05) is 21.3 Å². The molecule has 1 aromatic rings. The zero-order chi connectivity index (χ0) is 15.0. The topological polar surface area (TPSA) is 52.0 Å². The number of unbranched alkanes of at least 4 members (excludes halogenated alkanes) is 2. The Kier molecular flexibility index (Phi) is 7.44. The standard InChI is InChI=1S/C17H28N2S2/c18-10-3-1-8-17(9-2-4-11-19)13-20-15-6-5-7-16(12-15)21-14-17/h5-7,12H,1-4,8-11,13-14,18-19H2. The first-order valence-electron chi connectivity index (χ1n) is 8.04. The van der Waals surface area contributed by atoms with Gasteiger partial charge in [-0.1, -0.05) is 18.9 Å². The van der Waals surface area contributed by atoms with Crippen LogP contribution in [0.15, 0.2) is 34.1 Å². The predicted molar refractivity (Wildman–Crippen MR) is 96.1 cm³/mol. The van der Waals surface area contributed by atoms with E-state index >= 15 is 0 Å². The molecule has 118 valence electrons. The van der Waals surface area contributed by atoms with Crippen LogP contribution in [0, 0.1) is 5.41 Å². The highest BCUT2D eigenvalue weighted by molar-refractivity contribution is 8.00. The maximum Gasteiger partial charge on any atom is 0.00832 e. The molecule has 1 aromatic carbocycles. The monoisotopic (exact) mass is 324 g/mol. The van der Waals surface area contributed by atoms with Gasteiger partial charge in [0.25, 0.3) is 0 Å². The minimum absolute atomic E-state index is 0.448. The van der Waals surface area contributed by atoms with E-state index in [4.69, 9.17) is 11.5 Å². The molecule has 0 fully saturated rings. The van der Waals surface area contributed by atoms with Crippen molar-refractivity contribution in [3.8, 4) is 0 Å². The number of rotatable bonds is 8. The van der Waals surface area contributed by atoms with Crippen molar-refractivity contribution in [1.29, 1.82) is 0 Å². The normalized spacial score (nSPS) is 17.2. The number of nitrogens with two attached hydrogens (primary N) is 2. The molecule has 4 heteroatoms. The summed E-state index contributed by atoms with van der Waals surface area (Å²) >= 11 is 4.07. The molecule has 0 atom stereocenters. The molecule has 0 amide bonds. The highest BCUT2D eigenvalue weighted by Gasteiger charge is 2.30. The zero-order valence-electron chi connectivity index (χ0n) is 12.9. The molecule has 0 saturated carbocycles. The van der Waals surface area contributed by atoms with Crippen molar-refractivity contribution < 1.29 is 0 Å². The second-order valence-corrected chi connectivity index (χ2v) is 8.14. The predicted octanol–water partition coefficient (Wildman–Crippen LogP) is 4.13. The average molecular weight is 325 g/mol. The van der Waals surface area contributed by atoms with Gasteiger partial charge in [0.2, 0.25) is 0 Å². The largest absolute Gasteiger partial charge is 0.330 e. The fourth-order valence-corrected chi connectivity index (χ4v) is 5.57. The molecule has 0 spiro atoms. The van der Waals surface area contributed by atoms with Crippen molar-refractivity contribution in [3.05, 3.63) is 24.3 Å². The molecule has 2 bridgehead atoms. The van der Waals surface area contributed by atoms with Crippen LogP contribution >= 0.6 is 23.5 Å². The molecule has 1 heterocycles. The Hall–Kier alpha value is -0.160. The summed E-state index contributed by atoms with van der Waals surface area (Å²) in [6.07, 6.45) is 7.43. The summed E-state index contributed by atoms with van der Waals surface area (Å²) in [6.45, 7) is 1.64. The molecule has 0 radical (unpaired) electrons. The number of benzene rings is 1. The van der Waals surface area contributed by atoms with Crippen molar-refractivity contribution in [2.45, 2.75) is 48.3 Å². The lowest BCUT2D eigenvalue weighted by atomic mass is 9.81. The SMILES string of the molecule is NCCCCC1(CCCCN)CSc2cccc(c2)SC1. The van der Waals surface area contributed by atoms with Crippen LogP contribution in [0.2, 0.25) is 0 Å². The van der Waals surface area contributed by atoms with Crippen LogP contribution in [0.3, 0.4) is 0 Å². The molecule has 2 rings (SSSR count). The zero-order valence-corrected chi connectivity index (χ0v) is 14.5. The van der Waals surface area contributed by atoms with Crippen LogP contribution in [-0.2, 0) is 0 Å². The van der Waals surface area contributed by atoms with Crippen molar-refractivity contribution in [3.63, 3.8) is 0 Å². The van der Waals surface area contributed by atoms with E-state index in [9.17, 15) is 0 Å². The third kappa shape index (κ3) is 5.51. The second kappa shape index (κ2) is 9.09. The van der Waals surface area contributed by atoms with Crippen LogP contribution in [-0.4, -0.2) is 24.6 Å². The second-order valence-electron chi connectivity index (χ2n) is 6.04. The molecular weight excluding hydrogens is 296 g/mol. The molecular formula is C17H28N2S2. The average Bonchev–Trinajstić information content (AvgIpc) is 2.51. The molecule has 0 unspecified atom stereocenters. The molecule has 4 N–H and O–H groups in total. The first-order valence-corrected chi connectivity index (χ1v) is 10.0. The number of hydrogen-bond donors (Lipinski definition) is 2. The Balaban J connectivity index is 2.03. The Morgan fingerprint density at radius 3 is 1.86 bits per heavy atom. The molecule has 1 aliphatic heterocycles. The molecule has 21 heavy (non-hydrogen) atoms. The van der Waals surface area contributed by atoms with Gasteiger partial charge in [0.05, 0.1) is 0 Å². The van der Waals surface area contributed by atoms with Crippen LogP contribution < -0.4 is 11.5 Å². The Morgan fingerprint density at radius 1 is 0.857 bits per heavy atom. The van der Waals surface area contributed by atoms with Crippen molar-refractivity contribution in [2.75, 3.05) is 24.6 Å². The van der Waals surface area contributed by atoms with Gasteiger partial charge in [-0.25, -0.2) is 0 Å². The molecule has 0 aromatic heterocycles. The molecule has 0 aliphatic carbocycles. The van der Waals surface area contributed by atoms with Gasteiger partial charge >= 0.3 is 0 Å². The van der Waals surface area contributed by atoms with Gasteiger partial charge in [-0.05, 0) is 62.4 Å². The van der Waals surface area contributed by atoms with E-state index in [1.807, 2.05) is 23.5 Å². The van der Waals surface area contributed by atoms with Crippen molar-refractivity contribution in [2.24, 2.45) is 16.9 Å². The lowest BCUT2D eigenvalue weighted by molar-refractivity contribution is 0.302. The summed E-state index contributed by atoms with van der Waals surface area (Å²) < 4.78 is 0. The lowest BCUT2D eigenvalue weighted by Crippen LogP contribution is -2.28. The van der Waals surface area contributed by atoms with Crippen molar-refractivity contribution >= 4 is 23.5 Å². The van der Waals surface area contributed by atoms with E-state index in [-0.39, 0.29) is 0 Å². The highest BCUT2D eigenvalue weighted by Crippen LogP contribution is 2.43. The van der Waals surface area contributed by atoms with Gasteiger partial charge < -0.3 is 11.5 Å². The van der Waals surface area contributed by atoms with Gasteiger partial charge in [0.1, 0.15) is 0 Å². The first-order chi connectivity index (χ1) is 10.3. The summed E-state index contributed by atoms with van der Waals surface area (Å²) in [5.74, 6) is 2.47. The summed E-state index contributed by atoms with van der Waals surface area (Å²) in [6, 6.07) is 8.99. The van der Waals surface area contributed by atoms with Crippen molar-refractivity contribution in [1.82, 2.24) is 0 Å². The first kappa shape index (κ1) is 17.2. The fraction of sp³-hybridized carbons (Fsp3) is 0.647. The Morgan fingerprint density at radius 2 is 1.38 bits per heavy atom. The third-order valence-corrected chi connectivity index (χ3v) is 6.91. The quantitative estimate of drug-likeness (QED) is 0.706. The molecule has 0 saturated heterocycles. The Labute approximate surface area is 137 Å². The third-order valence-electron chi connectivity index (χ3n) is 4.22. The van der Waals surface area contributed by atoms with E-state index < -0.39 is 0 Å². The van der Waals surface area contributed by atoms with Crippen LogP contribution in [0.5, 0.6) is 0 Å². The molecule has 1 aliphatic rings.